The molecule has 1 aliphatic rings. The maximum absolute atomic E-state index is 11.4. The minimum atomic E-state index is -1.08. The largest absolute Gasteiger partial charge is 0.479 e. The average Bonchev–Trinajstić information content (AvgIpc) is 3.00. The number of methoxy groups -OCH3 is 1. The van der Waals surface area contributed by atoms with E-state index >= 15 is 0 Å². The summed E-state index contributed by atoms with van der Waals surface area (Å²) in [6, 6.07) is 0.0663. The monoisotopic (exact) mass is 216 g/mol. The first kappa shape index (κ1) is 11.8. The fraction of sp³-hybridized carbons (Fsp3) is 0.778. The Labute approximate surface area is 88.2 Å². The zero-order chi connectivity index (χ0) is 11.4. The molecule has 6 nitrogen and oxygen atoms in total. The third-order valence-corrected chi connectivity index (χ3v) is 2.41. The van der Waals surface area contributed by atoms with Crippen LogP contribution in [-0.4, -0.2) is 54.9 Å². The van der Waals surface area contributed by atoms with Crippen LogP contribution in [0.15, 0.2) is 0 Å². The van der Waals surface area contributed by atoms with Crippen LogP contribution in [0.25, 0.3) is 0 Å². The van der Waals surface area contributed by atoms with Gasteiger partial charge >= 0.3 is 12.0 Å². The number of urea groups is 1. The highest BCUT2D eigenvalue weighted by molar-refractivity contribution is 5.77. The van der Waals surface area contributed by atoms with E-state index in [1.54, 1.807) is 11.9 Å². The quantitative estimate of drug-likeness (QED) is 0.672. The zero-order valence-electron chi connectivity index (χ0n) is 8.90. The Morgan fingerprint density at radius 3 is 2.60 bits per heavy atom. The smallest absolute Gasteiger partial charge is 0.334 e. The number of hydrogen-bond donors (Lipinski definition) is 2. The number of carboxylic acids is 1. The van der Waals surface area contributed by atoms with Crippen LogP contribution in [0.2, 0.25) is 0 Å². The van der Waals surface area contributed by atoms with E-state index in [9.17, 15) is 9.59 Å². The first-order chi connectivity index (χ1) is 7.06. The molecule has 0 aromatic heterocycles. The predicted molar refractivity (Wildman–Crippen MR) is 52.6 cm³/mol. The summed E-state index contributed by atoms with van der Waals surface area (Å²) in [4.78, 5) is 23.6. The van der Waals surface area contributed by atoms with Gasteiger partial charge in [-0.2, -0.15) is 0 Å². The summed E-state index contributed by atoms with van der Waals surface area (Å²) in [6.07, 6.45) is 1.06. The van der Waals surface area contributed by atoms with Crippen LogP contribution < -0.4 is 5.32 Å². The molecule has 1 unspecified atom stereocenters. The molecule has 0 aromatic carbocycles. The summed E-state index contributed by atoms with van der Waals surface area (Å²) in [7, 11) is 3.01. The Kier molecular flexibility index (Phi) is 3.90. The average molecular weight is 216 g/mol. The van der Waals surface area contributed by atoms with Gasteiger partial charge in [0.1, 0.15) is 0 Å². The van der Waals surface area contributed by atoms with Gasteiger partial charge in [-0.25, -0.2) is 9.59 Å². The molecule has 0 heterocycles. The van der Waals surface area contributed by atoms with Gasteiger partial charge in [0.25, 0.3) is 0 Å². The maximum Gasteiger partial charge on any atom is 0.334 e. The minimum Gasteiger partial charge on any atom is -0.479 e. The fourth-order valence-electron chi connectivity index (χ4n) is 1.20. The first-order valence-corrected chi connectivity index (χ1v) is 4.82. The van der Waals surface area contributed by atoms with E-state index in [0.717, 1.165) is 12.8 Å². The second-order valence-corrected chi connectivity index (χ2v) is 3.59. The summed E-state index contributed by atoms with van der Waals surface area (Å²) in [6.45, 7) is -0.0122. The highest BCUT2D eigenvalue weighted by Crippen LogP contribution is 2.24. The number of nitrogens with zero attached hydrogens (tertiary/aromatic N) is 1. The number of aliphatic carboxylic acids is 1. The Bertz CT molecular complexity index is 252. The van der Waals surface area contributed by atoms with E-state index in [2.05, 4.69) is 10.1 Å². The Hall–Kier alpha value is -1.30. The van der Waals surface area contributed by atoms with Crippen LogP contribution >= 0.6 is 0 Å². The van der Waals surface area contributed by atoms with Crippen molar-refractivity contribution in [1.29, 1.82) is 0 Å². The van der Waals surface area contributed by atoms with Crippen molar-refractivity contribution < 1.29 is 19.4 Å². The highest BCUT2D eigenvalue weighted by Gasteiger charge is 2.30. The molecule has 0 bridgehead atoms. The van der Waals surface area contributed by atoms with Crippen LogP contribution in [0.3, 0.4) is 0 Å². The lowest BCUT2D eigenvalue weighted by atomic mass is 10.3. The lowest BCUT2D eigenvalue weighted by Gasteiger charge is -2.18. The van der Waals surface area contributed by atoms with Crippen molar-refractivity contribution in [2.24, 2.45) is 0 Å². The molecular weight excluding hydrogens is 200 g/mol. The van der Waals surface area contributed by atoms with E-state index in [0.29, 0.717) is 6.04 Å². The predicted octanol–water partition coefficient (Wildman–Crippen LogP) is -0.110. The van der Waals surface area contributed by atoms with Gasteiger partial charge in [-0.15, -0.1) is 0 Å². The molecule has 1 rings (SSSR count). The molecule has 6 heteroatoms. The van der Waals surface area contributed by atoms with Crippen LogP contribution in [0, 0.1) is 0 Å². The number of carbonyl (C=O) groups is 2. The molecule has 1 aliphatic carbocycles. The van der Waals surface area contributed by atoms with Gasteiger partial charge in [0.05, 0.1) is 6.54 Å². The van der Waals surface area contributed by atoms with Gasteiger partial charge in [-0.3, -0.25) is 0 Å². The van der Waals surface area contributed by atoms with Crippen molar-refractivity contribution in [1.82, 2.24) is 10.2 Å². The van der Waals surface area contributed by atoms with Crippen molar-refractivity contribution in [3.63, 3.8) is 0 Å². The Morgan fingerprint density at radius 1 is 1.60 bits per heavy atom. The Balaban J connectivity index is 2.28. The molecule has 0 saturated heterocycles. The molecule has 0 spiro atoms. The SMILES string of the molecule is COC(CNC(=O)N(C)C1CC1)C(=O)O. The summed E-state index contributed by atoms with van der Waals surface area (Å²) < 4.78 is 4.69. The minimum absolute atomic E-state index is 0.0122. The van der Waals surface area contributed by atoms with E-state index in [4.69, 9.17) is 5.11 Å². The number of carbonyl (C=O) groups excluding carboxylic acids is 1. The van der Waals surface area contributed by atoms with Gasteiger partial charge < -0.3 is 20.1 Å². The molecule has 0 radical (unpaired) electrons. The molecule has 1 fully saturated rings. The zero-order valence-corrected chi connectivity index (χ0v) is 8.90. The number of carboxylic acid groups (broad SMARTS) is 1. The lowest BCUT2D eigenvalue weighted by Crippen LogP contribution is -2.44. The van der Waals surface area contributed by atoms with Crippen molar-refractivity contribution in [3.8, 4) is 0 Å². The standard InChI is InChI=1S/C9H16N2O4/c1-11(6-3-4-6)9(14)10-5-7(15-2)8(12)13/h6-7H,3-5H2,1-2H3,(H,10,14)(H,12,13). The number of amides is 2. The van der Waals surface area contributed by atoms with Crippen molar-refractivity contribution in [3.05, 3.63) is 0 Å². The Morgan fingerprint density at radius 2 is 2.20 bits per heavy atom. The van der Waals surface area contributed by atoms with Crippen molar-refractivity contribution in [2.45, 2.75) is 25.0 Å². The molecule has 1 saturated carbocycles. The number of ether oxygens (including phenoxy) is 1. The molecule has 2 amide bonds. The molecular formula is C9H16N2O4. The second-order valence-electron chi connectivity index (χ2n) is 3.59. The van der Waals surface area contributed by atoms with Gasteiger partial charge in [0, 0.05) is 20.2 Å². The number of rotatable bonds is 5. The highest BCUT2D eigenvalue weighted by atomic mass is 16.5. The van der Waals surface area contributed by atoms with Crippen LogP contribution in [0.4, 0.5) is 4.79 Å². The van der Waals surface area contributed by atoms with E-state index in [-0.39, 0.29) is 12.6 Å². The van der Waals surface area contributed by atoms with Crippen molar-refractivity contribution >= 4 is 12.0 Å². The van der Waals surface area contributed by atoms with Crippen molar-refractivity contribution in [2.75, 3.05) is 20.7 Å². The molecule has 1 atom stereocenters. The third-order valence-electron chi connectivity index (χ3n) is 2.41. The van der Waals surface area contributed by atoms with Gasteiger partial charge in [0.15, 0.2) is 6.10 Å². The molecule has 15 heavy (non-hydrogen) atoms. The third kappa shape index (κ3) is 3.39. The topological polar surface area (TPSA) is 78.9 Å². The number of nitrogens with one attached hydrogen (secondary N) is 1. The normalized spacial score (nSPS) is 16.9. The van der Waals surface area contributed by atoms with Crippen LogP contribution in [0.5, 0.6) is 0 Å². The van der Waals surface area contributed by atoms with Gasteiger partial charge in [-0.05, 0) is 12.8 Å². The maximum atomic E-state index is 11.4. The summed E-state index contributed by atoms with van der Waals surface area (Å²) in [5.41, 5.74) is 0. The van der Waals surface area contributed by atoms with E-state index in [1.165, 1.54) is 7.11 Å². The second kappa shape index (κ2) is 4.97. The lowest BCUT2D eigenvalue weighted by molar-refractivity contribution is -0.148. The van der Waals surface area contributed by atoms with E-state index in [1.807, 2.05) is 0 Å². The summed E-state index contributed by atoms with van der Waals surface area (Å²) >= 11 is 0. The van der Waals surface area contributed by atoms with Gasteiger partial charge in [-0.1, -0.05) is 0 Å². The molecule has 86 valence electrons. The fourth-order valence-corrected chi connectivity index (χ4v) is 1.20. The van der Waals surface area contributed by atoms with Crippen LogP contribution in [0.1, 0.15) is 12.8 Å². The summed E-state index contributed by atoms with van der Waals surface area (Å²) in [5, 5.41) is 11.2. The molecule has 0 aromatic rings. The molecule has 0 aliphatic heterocycles. The van der Waals surface area contributed by atoms with Gasteiger partial charge in [0.2, 0.25) is 0 Å². The van der Waals surface area contributed by atoms with E-state index < -0.39 is 12.1 Å². The number of hydrogen-bond acceptors (Lipinski definition) is 3. The van der Waals surface area contributed by atoms with Crippen LogP contribution in [-0.2, 0) is 9.53 Å². The molecule has 2 N–H and O–H groups in total. The summed E-state index contributed by atoms with van der Waals surface area (Å²) in [5.74, 6) is -1.08. The first-order valence-electron chi connectivity index (χ1n) is 4.82.